The van der Waals surface area contributed by atoms with E-state index in [2.05, 4.69) is 0 Å². The topological polar surface area (TPSA) is 129 Å². The molecule has 0 unspecified atom stereocenters. The van der Waals surface area contributed by atoms with Crippen molar-refractivity contribution >= 4 is 75.8 Å². The number of fused-ring (bicyclic) bond motifs is 1. The maximum Gasteiger partial charge on any atom is 0.424 e. The van der Waals surface area contributed by atoms with Crippen LogP contribution in [0, 0.1) is 0 Å². The van der Waals surface area contributed by atoms with Gasteiger partial charge in [-0.25, -0.2) is 0 Å². The van der Waals surface area contributed by atoms with Crippen LogP contribution < -0.4 is 0 Å². The van der Waals surface area contributed by atoms with Crippen molar-refractivity contribution in [1.29, 1.82) is 0 Å². The average molecular weight is 609 g/mol. The van der Waals surface area contributed by atoms with Crippen LogP contribution in [-0.4, -0.2) is 41.7 Å². The van der Waals surface area contributed by atoms with Gasteiger partial charge in [0.05, 0.1) is 17.4 Å². The van der Waals surface area contributed by atoms with E-state index in [-0.39, 0.29) is 20.8 Å². The zero-order valence-electron chi connectivity index (χ0n) is 19.1. The van der Waals surface area contributed by atoms with E-state index < -0.39 is 30.0 Å². The molecule has 1 aliphatic rings. The van der Waals surface area contributed by atoms with Crippen molar-refractivity contribution in [3.63, 3.8) is 0 Å². The Bertz CT molecular complexity index is 1700. The van der Waals surface area contributed by atoms with Gasteiger partial charge in [-0.2, -0.15) is 16.8 Å². The maximum atomic E-state index is 11.2. The minimum Gasteiger partial charge on any atom is -0.629 e. The Labute approximate surface area is 231 Å². The molecule has 0 bridgehead atoms. The minimum atomic E-state index is -4.47. The van der Waals surface area contributed by atoms with Gasteiger partial charge in [0.1, 0.15) is 9.79 Å². The highest BCUT2D eigenvalue weighted by Gasteiger charge is 2.19. The first-order valence-electron chi connectivity index (χ1n) is 10.6. The number of halogens is 2. The number of hydrogen-bond acceptors (Lipinski definition) is 5. The molecule has 4 aromatic carbocycles. The van der Waals surface area contributed by atoms with E-state index in [1.807, 2.05) is 54.6 Å². The van der Waals surface area contributed by atoms with Gasteiger partial charge < -0.3 is 8.54 Å². The Morgan fingerprint density at radius 2 is 1.11 bits per heavy atom. The number of allylic oxidation sites excluding steroid dienone is 1. The quantitative estimate of drug-likeness (QED) is 0.174. The molecule has 0 saturated carbocycles. The third kappa shape index (κ3) is 6.69. The van der Waals surface area contributed by atoms with Gasteiger partial charge in [-0.1, -0.05) is 47.5 Å². The van der Waals surface area contributed by atoms with Crippen LogP contribution in [0.5, 0.6) is 0 Å². The number of hydrogen-bond donors (Lipinski definition) is 2. The SMILES string of the molecule is Clc1ccc(C2=CC(c3ccc(Cl)cc3)=[O+][Si-]O2)cc1.O=S(=O)(O)c1cccc2c(S(=O)(=O)O)cccc12. The zero-order chi connectivity index (χ0) is 27.5. The summed E-state index contributed by atoms with van der Waals surface area (Å²) in [5, 5.41) is 1.45. The van der Waals surface area contributed by atoms with Crippen molar-refractivity contribution in [3.8, 4) is 0 Å². The van der Waals surface area contributed by atoms with Crippen LogP contribution in [0.25, 0.3) is 16.5 Å². The van der Waals surface area contributed by atoms with Crippen molar-refractivity contribution in [1.82, 2.24) is 0 Å². The van der Waals surface area contributed by atoms with Crippen molar-refractivity contribution in [2.24, 2.45) is 0 Å². The van der Waals surface area contributed by atoms with Crippen LogP contribution in [0.4, 0.5) is 0 Å². The summed E-state index contributed by atoms with van der Waals surface area (Å²) in [6.45, 7) is 0. The molecule has 4 aromatic rings. The number of rotatable bonds is 4. The molecule has 0 amide bonds. The lowest BCUT2D eigenvalue weighted by molar-refractivity contribution is -0.101. The molecule has 1 aliphatic heterocycles. The predicted octanol–water partition coefficient (Wildman–Crippen LogP) is 5.65. The highest BCUT2D eigenvalue weighted by atomic mass is 35.5. The van der Waals surface area contributed by atoms with Crippen LogP contribution in [0.3, 0.4) is 0 Å². The van der Waals surface area contributed by atoms with Crippen LogP contribution in [0.15, 0.2) is 101 Å². The summed E-state index contributed by atoms with van der Waals surface area (Å²) in [4.78, 5) is -0.823. The molecule has 0 fully saturated rings. The highest BCUT2D eigenvalue weighted by Crippen LogP contribution is 2.28. The van der Waals surface area contributed by atoms with E-state index in [1.165, 1.54) is 24.3 Å². The van der Waals surface area contributed by atoms with Crippen molar-refractivity contribution in [2.75, 3.05) is 0 Å². The Balaban J connectivity index is 0.000000178. The molecule has 0 aliphatic carbocycles. The number of ketones is 1. The molecule has 8 nitrogen and oxygen atoms in total. The van der Waals surface area contributed by atoms with Crippen LogP contribution in [-0.2, 0) is 24.7 Å². The van der Waals surface area contributed by atoms with Crippen molar-refractivity contribution in [3.05, 3.63) is 112 Å². The summed E-state index contributed by atoms with van der Waals surface area (Å²) in [6.07, 6.45) is 1.88. The molecule has 1 heterocycles. The Morgan fingerprint density at radius 3 is 1.55 bits per heavy atom. The van der Waals surface area contributed by atoms with Gasteiger partial charge in [-0.15, -0.1) is 0 Å². The van der Waals surface area contributed by atoms with Crippen molar-refractivity contribution in [2.45, 2.75) is 9.79 Å². The van der Waals surface area contributed by atoms with E-state index in [9.17, 15) is 16.8 Å². The summed E-state index contributed by atoms with van der Waals surface area (Å²) in [7, 11) is -9.00. The molecule has 1 radical (unpaired) electrons. The second-order valence-corrected chi connectivity index (χ2v) is 12.0. The smallest absolute Gasteiger partial charge is 0.424 e. The Hall–Kier alpha value is -3.03. The molecule has 0 saturated heterocycles. The van der Waals surface area contributed by atoms with Gasteiger partial charge in [0, 0.05) is 26.4 Å². The Morgan fingerprint density at radius 1 is 0.658 bits per heavy atom. The van der Waals surface area contributed by atoms with E-state index in [1.54, 1.807) is 0 Å². The highest BCUT2D eigenvalue weighted by molar-refractivity contribution is 7.86. The van der Waals surface area contributed by atoms with E-state index >= 15 is 0 Å². The lowest BCUT2D eigenvalue weighted by atomic mass is 10.1. The third-order valence-corrected chi connectivity index (χ3v) is 8.15. The number of benzene rings is 4. The largest absolute Gasteiger partial charge is 0.629 e. The normalized spacial score (nSPS) is 13.4. The van der Waals surface area contributed by atoms with Gasteiger partial charge in [-0.05, 0) is 60.7 Å². The summed E-state index contributed by atoms with van der Waals surface area (Å²) in [6, 6.07) is 22.5. The third-order valence-electron chi connectivity index (χ3n) is 5.22. The molecule has 5 rings (SSSR count). The van der Waals surface area contributed by atoms with Gasteiger partial charge in [0.25, 0.3) is 26.0 Å². The van der Waals surface area contributed by atoms with E-state index in [0.29, 0.717) is 10.0 Å². The number of carbonyl (C=O) groups excluding carboxylic acids is 1. The standard InChI is InChI=1S/C15H9Cl2O2Si.C10H8O6S2/c16-12-5-1-10(2-6-12)14-9-15(19-20-18-14)11-3-7-13(17)8-4-11;11-17(12,13)9-5-1-3-7-8(9)4-2-6-10(7)18(14,15)16/h1-9H;1-6H,(H,11,12,13)(H,14,15,16). The van der Waals surface area contributed by atoms with Gasteiger partial charge in [0.15, 0.2) is 0 Å². The molecule has 13 heteroatoms. The summed E-state index contributed by atoms with van der Waals surface area (Å²) >= 11 is 11.8. The van der Waals surface area contributed by atoms with E-state index in [4.69, 9.17) is 40.8 Å². The lowest BCUT2D eigenvalue weighted by Gasteiger charge is -2.16. The fourth-order valence-electron chi connectivity index (χ4n) is 3.50. The zero-order valence-corrected chi connectivity index (χ0v) is 23.2. The first-order chi connectivity index (χ1) is 17.9. The maximum absolute atomic E-state index is 11.2. The predicted molar refractivity (Wildman–Crippen MR) is 146 cm³/mol. The molecule has 2 N–H and O–H groups in total. The van der Waals surface area contributed by atoms with E-state index in [0.717, 1.165) is 34.8 Å². The first-order valence-corrected chi connectivity index (χ1v) is 15.0. The van der Waals surface area contributed by atoms with Crippen LogP contribution in [0.2, 0.25) is 10.0 Å². The second-order valence-electron chi connectivity index (χ2n) is 7.73. The van der Waals surface area contributed by atoms with Crippen molar-refractivity contribution < 1.29 is 34.5 Å². The van der Waals surface area contributed by atoms with Gasteiger partial charge in [-0.3, -0.25) is 9.11 Å². The molecule has 0 aromatic heterocycles. The van der Waals surface area contributed by atoms with Crippen LogP contribution >= 0.6 is 23.2 Å². The van der Waals surface area contributed by atoms with Gasteiger partial charge >= 0.3 is 10.0 Å². The second kappa shape index (κ2) is 11.4. The lowest BCUT2D eigenvalue weighted by Crippen LogP contribution is -2.11. The Kier molecular flexibility index (Phi) is 8.38. The van der Waals surface area contributed by atoms with Gasteiger partial charge in [0.2, 0.25) is 0 Å². The summed E-state index contributed by atoms with van der Waals surface area (Å²) in [5.41, 5.74) is 1.94. The fourth-order valence-corrected chi connectivity index (χ4v) is 5.74. The fraction of sp³-hybridized carbons (Fsp3) is 0. The molecular formula is C25H17Cl2O8S2Si. The monoisotopic (exact) mass is 607 g/mol. The average Bonchev–Trinajstić information content (AvgIpc) is 2.88. The van der Waals surface area contributed by atoms with Crippen LogP contribution in [0.1, 0.15) is 15.2 Å². The molecule has 195 valence electrons. The minimum absolute atomic E-state index is 0.0233. The molecular weight excluding hydrogens is 591 g/mol. The molecule has 38 heavy (non-hydrogen) atoms. The summed E-state index contributed by atoms with van der Waals surface area (Å²) in [5.74, 6) is 1.55. The molecule has 0 spiro atoms. The molecule has 0 atom stereocenters. The summed E-state index contributed by atoms with van der Waals surface area (Å²) < 4.78 is 73.8. The first kappa shape index (κ1) is 28.0.